The van der Waals surface area contributed by atoms with Gasteiger partial charge in [-0.3, -0.25) is 4.79 Å². The maximum Gasteiger partial charge on any atom is 0.155 e. The van der Waals surface area contributed by atoms with Gasteiger partial charge in [0.2, 0.25) is 0 Å². The van der Waals surface area contributed by atoms with Gasteiger partial charge in [-0.05, 0) is 13.8 Å². The lowest BCUT2D eigenvalue weighted by Gasteiger charge is -2.11. The van der Waals surface area contributed by atoms with Gasteiger partial charge in [0.05, 0.1) is 12.1 Å². The van der Waals surface area contributed by atoms with Gasteiger partial charge in [-0.25, -0.2) is 0 Å². The van der Waals surface area contributed by atoms with E-state index in [1.165, 1.54) is 13.8 Å². The smallest absolute Gasteiger partial charge is 0.155 e. The number of hydrogen-bond donors (Lipinski definition) is 0. The molecule has 0 aliphatic rings. The summed E-state index contributed by atoms with van der Waals surface area (Å²) in [5, 5.41) is 9.96. The summed E-state index contributed by atoms with van der Waals surface area (Å²) in [5.41, 5.74) is 0. The van der Waals surface area contributed by atoms with Crippen LogP contribution in [0.3, 0.4) is 0 Å². The summed E-state index contributed by atoms with van der Waals surface area (Å²) in [4.78, 5) is 20.2. The Bertz CT molecular complexity index is 141. The van der Waals surface area contributed by atoms with Crippen molar-refractivity contribution < 1.29 is 19.4 Å². The fraction of sp³-hybridized carbons (Fsp3) is 0.667. The molecule has 0 N–H and O–H groups in total. The van der Waals surface area contributed by atoms with Gasteiger partial charge in [-0.15, -0.1) is 0 Å². The molecule has 0 amide bonds. The second-order valence-corrected chi connectivity index (χ2v) is 1.97. The van der Waals surface area contributed by atoms with Crippen molar-refractivity contribution >= 4 is 11.8 Å². The van der Waals surface area contributed by atoms with Gasteiger partial charge < -0.3 is 14.6 Å². The number of ether oxygens (including phenoxy) is 1. The third kappa shape index (κ3) is 4.03. The molecule has 0 bridgehead atoms. The molecule has 0 saturated heterocycles. The van der Waals surface area contributed by atoms with E-state index in [0.717, 1.165) is 0 Å². The Hall–Kier alpha value is -0.900. The Morgan fingerprint density at radius 1 is 1.60 bits per heavy atom. The lowest BCUT2D eigenvalue weighted by molar-refractivity contribution is -0.315. The van der Waals surface area contributed by atoms with Gasteiger partial charge in [0.15, 0.2) is 5.78 Å². The molecule has 0 aromatic heterocycles. The average molecular weight is 145 g/mol. The Balaban J connectivity index is 3.49. The maximum atomic E-state index is 10.2. The van der Waals surface area contributed by atoms with Gasteiger partial charge in [0.25, 0.3) is 0 Å². The summed E-state index contributed by atoms with van der Waals surface area (Å²) in [5.74, 6) is -1.51. The first-order valence-electron chi connectivity index (χ1n) is 2.86. The van der Waals surface area contributed by atoms with Crippen LogP contribution in [0.4, 0.5) is 0 Å². The number of carboxylic acid groups (broad SMARTS) is 1. The molecule has 10 heavy (non-hydrogen) atoms. The highest BCUT2D eigenvalue weighted by molar-refractivity contribution is 5.77. The van der Waals surface area contributed by atoms with Crippen LogP contribution in [0, 0.1) is 0 Å². The molecule has 0 fully saturated rings. The summed E-state index contributed by atoms with van der Waals surface area (Å²) >= 11 is 0. The maximum absolute atomic E-state index is 10.2. The Morgan fingerprint density at radius 2 is 2.10 bits per heavy atom. The van der Waals surface area contributed by atoms with E-state index in [2.05, 4.69) is 4.74 Å². The molecule has 1 unspecified atom stereocenters. The second-order valence-electron chi connectivity index (χ2n) is 1.97. The van der Waals surface area contributed by atoms with E-state index in [9.17, 15) is 14.7 Å². The van der Waals surface area contributed by atoms with Crippen molar-refractivity contribution in [3.63, 3.8) is 0 Å². The second kappa shape index (κ2) is 4.00. The molecule has 0 radical (unpaired) electrons. The SMILES string of the molecule is CC(=O)COC(C)C(=O)[O-]. The third-order valence-electron chi connectivity index (χ3n) is 0.869. The van der Waals surface area contributed by atoms with E-state index in [4.69, 9.17) is 0 Å². The van der Waals surface area contributed by atoms with Crippen molar-refractivity contribution in [3.05, 3.63) is 0 Å². The van der Waals surface area contributed by atoms with Crippen LogP contribution in [-0.4, -0.2) is 24.5 Å². The fourth-order valence-electron chi connectivity index (χ4n) is 0.310. The molecule has 0 heterocycles. The van der Waals surface area contributed by atoms with Gasteiger partial charge >= 0.3 is 0 Å². The van der Waals surface area contributed by atoms with E-state index in [1.54, 1.807) is 0 Å². The summed E-state index contributed by atoms with van der Waals surface area (Å²) in [6, 6.07) is 0. The average Bonchev–Trinajstić information content (AvgIpc) is 1.82. The van der Waals surface area contributed by atoms with Crippen LogP contribution in [0.2, 0.25) is 0 Å². The van der Waals surface area contributed by atoms with Crippen LogP contribution in [0.15, 0.2) is 0 Å². The van der Waals surface area contributed by atoms with Crippen molar-refractivity contribution in [2.45, 2.75) is 20.0 Å². The van der Waals surface area contributed by atoms with E-state index < -0.39 is 12.1 Å². The molecule has 1 atom stereocenters. The predicted octanol–water partition coefficient (Wildman–Crippen LogP) is -1.27. The van der Waals surface area contributed by atoms with Crippen molar-refractivity contribution in [2.24, 2.45) is 0 Å². The van der Waals surface area contributed by atoms with Gasteiger partial charge in [0, 0.05) is 0 Å². The van der Waals surface area contributed by atoms with E-state index in [-0.39, 0.29) is 12.4 Å². The summed E-state index contributed by atoms with van der Waals surface area (Å²) in [7, 11) is 0. The molecule has 0 rings (SSSR count). The first-order chi connectivity index (χ1) is 4.54. The molecular formula is C6H9O4-. The highest BCUT2D eigenvalue weighted by Gasteiger charge is 2.02. The first-order valence-corrected chi connectivity index (χ1v) is 2.86. The normalized spacial score (nSPS) is 12.6. The minimum absolute atomic E-state index is 0.171. The Morgan fingerprint density at radius 3 is 2.40 bits per heavy atom. The largest absolute Gasteiger partial charge is 0.547 e. The number of Topliss-reactive ketones (excluding diaryl/α,β-unsaturated/α-hetero) is 1. The van der Waals surface area contributed by atoms with Crippen molar-refractivity contribution in [1.82, 2.24) is 0 Å². The van der Waals surface area contributed by atoms with Crippen molar-refractivity contribution in [1.29, 1.82) is 0 Å². The minimum Gasteiger partial charge on any atom is -0.547 e. The van der Waals surface area contributed by atoms with E-state index in [0.29, 0.717) is 0 Å². The molecule has 0 spiro atoms. The van der Waals surface area contributed by atoms with E-state index in [1.807, 2.05) is 0 Å². The standard InChI is InChI=1S/C6H10O4/c1-4(7)3-10-5(2)6(8)9/h5H,3H2,1-2H3,(H,8,9)/p-1. The Labute approximate surface area is 58.8 Å². The number of carbonyl (C=O) groups excluding carboxylic acids is 2. The third-order valence-corrected chi connectivity index (χ3v) is 0.869. The van der Waals surface area contributed by atoms with Crippen molar-refractivity contribution in [2.75, 3.05) is 6.61 Å². The number of carboxylic acids is 1. The van der Waals surface area contributed by atoms with Crippen LogP contribution in [0.25, 0.3) is 0 Å². The highest BCUT2D eigenvalue weighted by atomic mass is 16.5. The van der Waals surface area contributed by atoms with Gasteiger partial charge in [-0.1, -0.05) is 0 Å². The van der Waals surface area contributed by atoms with Gasteiger partial charge in [0.1, 0.15) is 6.61 Å². The fourth-order valence-corrected chi connectivity index (χ4v) is 0.310. The first kappa shape index (κ1) is 9.10. The molecule has 0 aromatic rings. The molecule has 58 valence electrons. The molecule has 0 aliphatic carbocycles. The van der Waals surface area contributed by atoms with Crippen LogP contribution in [0.1, 0.15) is 13.8 Å². The molecule has 4 heteroatoms. The van der Waals surface area contributed by atoms with Gasteiger partial charge in [-0.2, -0.15) is 0 Å². The Kier molecular flexibility index (Phi) is 3.64. The minimum atomic E-state index is -1.30. The molecule has 0 saturated carbocycles. The number of hydrogen-bond acceptors (Lipinski definition) is 4. The summed E-state index contributed by atoms with van der Waals surface area (Å²) in [6.07, 6.45) is -1.01. The quantitative estimate of drug-likeness (QED) is 0.494. The lowest BCUT2D eigenvalue weighted by Crippen LogP contribution is -2.36. The van der Waals surface area contributed by atoms with Crippen LogP contribution in [0.5, 0.6) is 0 Å². The van der Waals surface area contributed by atoms with Crippen LogP contribution < -0.4 is 5.11 Å². The predicted molar refractivity (Wildman–Crippen MR) is 31.1 cm³/mol. The van der Waals surface area contributed by atoms with E-state index >= 15 is 0 Å². The lowest BCUT2D eigenvalue weighted by atomic mass is 10.4. The molecular weight excluding hydrogens is 136 g/mol. The van der Waals surface area contributed by atoms with Crippen LogP contribution >= 0.6 is 0 Å². The van der Waals surface area contributed by atoms with Crippen molar-refractivity contribution in [3.8, 4) is 0 Å². The number of rotatable bonds is 4. The zero-order valence-corrected chi connectivity index (χ0v) is 5.92. The number of aliphatic carboxylic acids is 1. The number of ketones is 1. The van der Waals surface area contributed by atoms with Crippen LogP contribution in [-0.2, 0) is 14.3 Å². The number of carbonyl (C=O) groups is 2. The summed E-state index contributed by atoms with van der Waals surface area (Å²) < 4.78 is 4.55. The molecule has 0 aromatic carbocycles. The molecule has 4 nitrogen and oxygen atoms in total. The zero-order chi connectivity index (χ0) is 8.15. The zero-order valence-electron chi connectivity index (χ0n) is 5.92. The topological polar surface area (TPSA) is 66.4 Å². The monoisotopic (exact) mass is 145 g/mol. The summed E-state index contributed by atoms with van der Waals surface area (Å²) in [6.45, 7) is 2.47. The highest BCUT2D eigenvalue weighted by Crippen LogP contribution is 1.87. The molecule has 0 aliphatic heterocycles.